The average molecular weight is 545 g/mol. The van der Waals surface area contributed by atoms with Crippen molar-refractivity contribution in [2.24, 2.45) is 4.99 Å². The van der Waals surface area contributed by atoms with E-state index in [1.54, 1.807) is 17.4 Å². The van der Waals surface area contributed by atoms with Crippen LogP contribution in [-0.4, -0.2) is 32.3 Å². The number of aliphatic imine (C=N–C) groups is 1. The summed E-state index contributed by atoms with van der Waals surface area (Å²) in [5, 5.41) is 16.3. The van der Waals surface area contributed by atoms with Crippen molar-refractivity contribution in [1.82, 2.24) is 25.4 Å². The predicted octanol–water partition coefficient (Wildman–Crippen LogP) is 4.75. The topological polar surface area (TPSA) is 101 Å². The van der Waals surface area contributed by atoms with Crippen LogP contribution in [0.2, 0.25) is 5.02 Å². The standard InChI is InChI=1S/C28H25ClN6O2S/c1-14-15(2)38-28-24(14)25(18-5-7-20(29)8-6-18)32-22(26-34-33-16(3)35(26)28)11-23(36)30-12-17-4-9-21-19(10-17)13-31-27(21)37/h4-10,22H,11-13H2,1-3H3,(H,30,36)(H,31,37)/t22-/m0/s1. The number of hydrogen-bond donors (Lipinski definition) is 2. The molecule has 1 atom stereocenters. The van der Waals surface area contributed by atoms with Crippen LogP contribution in [0, 0.1) is 20.8 Å². The van der Waals surface area contributed by atoms with Crippen molar-refractivity contribution in [2.45, 2.75) is 46.3 Å². The molecule has 4 aromatic rings. The van der Waals surface area contributed by atoms with Crippen LogP contribution in [0.15, 0.2) is 47.5 Å². The molecule has 0 aliphatic carbocycles. The van der Waals surface area contributed by atoms with Crippen molar-refractivity contribution in [3.05, 3.63) is 97.4 Å². The third-order valence-electron chi connectivity index (χ3n) is 7.08. The van der Waals surface area contributed by atoms with E-state index < -0.39 is 6.04 Å². The van der Waals surface area contributed by atoms with Gasteiger partial charge in [0.25, 0.3) is 5.91 Å². The summed E-state index contributed by atoms with van der Waals surface area (Å²) in [6.07, 6.45) is 0.118. The van der Waals surface area contributed by atoms with Crippen molar-refractivity contribution in [3.63, 3.8) is 0 Å². The third-order valence-corrected chi connectivity index (χ3v) is 8.52. The van der Waals surface area contributed by atoms with E-state index in [0.29, 0.717) is 29.5 Å². The molecule has 0 unspecified atom stereocenters. The lowest BCUT2D eigenvalue weighted by Crippen LogP contribution is -2.25. The minimum atomic E-state index is -0.525. The van der Waals surface area contributed by atoms with Gasteiger partial charge in [0.05, 0.1) is 12.1 Å². The number of halogens is 1. The number of benzene rings is 2. The zero-order valence-corrected chi connectivity index (χ0v) is 22.7. The number of rotatable bonds is 5. The summed E-state index contributed by atoms with van der Waals surface area (Å²) in [6, 6.07) is 12.7. The molecule has 8 nitrogen and oxygen atoms in total. The number of carbonyl (C=O) groups is 2. The average Bonchev–Trinajstić information content (AvgIpc) is 3.53. The summed E-state index contributed by atoms with van der Waals surface area (Å²) >= 11 is 7.86. The van der Waals surface area contributed by atoms with E-state index in [2.05, 4.69) is 34.7 Å². The summed E-state index contributed by atoms with van der Waals surface area (Å²) in [6.45, 7) is 6.99. The SMILES string of the molecule is Cc1sc2c(c1C)C(c1ccc(Cl)cc1)=N[C@@H](CC(=O)NCc1ccc3c(c1)CNC3=O)c1nnc(C)n1-2. The molecule has 0 saturated carbocycles. The molecule has 0 saturated heterocycles. The quantitative estimate of drug-likeness (QED) is 0.378. The van der Waals surface area contributed by atoms with Crippen LogP contribution in [0.5, 0.6) is 0 Å². The molecule has 6 rings (SSSR count). The Bertz CT molecular complexity index is 1640. The maximum absolute atomic E-state index is 13.2. The van der Waals surface area contributed by atoms with Gasteiger partial charge < -0.3 is 10.6 Å². The Morgan fingerprint density at radius 1 is 1.16 bits per heavy atom. The van der Waals surface area contributed by atoms with Crippen LogP contribution in [0.1, 0.15) is 67.2 Å². The van der Waals surface area contributed by atoms with E-state index >= 15 is 0 Å². The second-order valence-corrected chi connectivity index (χ2v) is 11.2. The number of aromatic nitrogens is 3. The third kappa shape index (κ3) is 4.21. The van der Waals surface area contributed by atoms with E-state index in [1.807, 2.05) is 47.9 Å². The Morgan fingerprint density at radius 2 is 1.95 bits per heavy atom. The first kappa shape index (κ1) is 24.5. The van der Waals surface area contributed by atoms with Crippen molar-refractivity contribution in [1.29, 1.82) is 0 Å². The summed E-state index contributed by atoms with van der Waals surface area (Å²) in [4.78, 5) is 31.4. The van der Waals surface area contributed by atoms with Gasteiger partial charge in [-0.15, -0.1) is 21.5 Å². The Morgan fingerprint density at radius 3 is 2.74 bits per heavy atom. The highest BCUT2D eigenvalue weighted by Gasteiger charge is 2.32. The first-order valence-corrected chi connectivity index (χ1v) is 13.5. The van der Waals surface area contributed by atoms with E-state index in [0.717, 1.165) is 44.4 Å². The van der Waals surface area contributed by atoms with Crippen LogP contribution in [0.3, 0.4) is 0 Å². The predicted molar refractivity (Wildman–Crippen MR) is 147 cm³/mol. The van der Waals surface area contributed by atoms with Gasteiger partial charge in [-0.3, -0.25) is 19.1 Å². The molecule has 0 bridgehead atoms. The number of amides is 2. The van der Waals surface area contributed by atoms with Gasteiger partial charge in [-0.05, 0) is 55.7 Å². The number of thiophene rings is 1. The lowest BCUT2D eigenvalue weighted by molar-refractivity contribution is -0.121. The zero-order valence-electron chi connectivity index (χ0n) is 21.1. The molecular formula is C28H25ClN6O2S. The van der Waals surface area contributed by atoms with Crippen molar-refractivity contribution in [3.8, 4) is 5.00 Å². The Kier molecular flexibility index (Phi) is 6.12. The van der Waals surface area contributed by atoms with E-state index in [1.165, 1.54) is 4.88 Å². The summed E-state index contributed by atoms with van der Waals surface area (Å²) in [5.41, 5.74) is 6.50. The highest BCUT2D eigenvalue weighted by Crippen LogP contribution is 2.39. The van der Waals surface area contributed by atoms with Crippen LogP contribution >= 0.6 is 22.9 Å². The first-order valence-electron chi connectivity index (χ1n) is 12.3. The van der Waals surface area contributed by atoms with Crippen molar-refractivity contribution >= 4 is 40.5 Å². The Labute approximate surface area is 228 Å². The van der Waals surface area contributed by atoms with Crippen LogP contribution in [0.4, 0.5) is 0 Å². The number of fused-ring (bicyclic) bond motifs is 4. The second kappa shape index (κ2) is 9.49. The fourth-order valence-corrected chi connectivity index (χ4v) is 6.32. The Hall–Kier alpha value is -3.82. The monoisotopic (exact) mass is 544 g/mol. The van der Waals surface area contributed by atoms with E-state index in [-0.39, 0.29) is 18.2 Å². The minimum absolute atomic E-state index is 0.0587. The first-order chi connectivity index (χ1) is 18.3. The molecule has 0 fully saturated rings. The van der Waals surface area contributed by atoms with Gasteiger partial charge in [0.2, 0.25) is 5.91 Å². The van der Waals surface area contributed by atoms with Gasteiger partial charge >= 0.3 is 0 Å². The number of carbonyl (C=O) groups excluding carboxylic acids is 2. The fraction of sp³-hybridized carbons (Fsp3) is 0.250. The van der Waals surface area contributed by atoms with Gasteiger partial charge in [0.1, 0.15) is 16.9 Å². The molecule has 2 aromatic heterocycles. The number of aryl methyl sites for hydroxylation is 2. The molecule has 2 N–H and O–H groups in total. The lowest BCUT2D eigenvalue weighted by atomic mass is 9.99. The van der Waals surface area contributed by atoms with Crippen molar-refractivity contribution < 1.29 is 9.59 Å². The van der Waals surface area contributed by atoms with Gasteiger partial charge in [0.15, 0.2) is 5.82 Å². The van der Waals surface area contributed by atoms with Crippen molar-refractivity contribution in [2.75, 3.05) is 0 Å². The molecule has 0 radical (unpaired) electrons. The molecule has 2 amide bonds. The normalized spacial score (nSPS) is 15.7. The van der Waals surface area contributed by atoms with Gasteiger partial charge in [-0.25, -0.2) is 0 Å². The van der Waals surface area contributed by atoms with Crippen LogP contribution in [-0.2, 0) is 17.9 Å². The molecule has 192 valence electrons. The van der Waals surface area contributed by atoms with Crippen LogP contribution < -0.4 is 10.6 Å². The molecule has 38 heavy (non-hydrogen) atoms. The van der Waals surface area contributed by atoms with E-state index in [9.17, 15) is 9.59 Å². The zero-order chi connectivity index (χ0) is 26.6. The molecule has 2 aliphatic heterocycles. The number of nitrogens with zero attached hydrogens (tertiary/aromatic N) is 4. The number of nitrogens with one attached hydrogen (secondary N) is 2. The maximum atomic E-state index is 13.2. The largest absolute Gasteiger partial charge is 0.352 e. The van der Waals surface area contributed by atoms with E-state index in [4.69, 9.17) is 16.6 Å². The highest BCUT2D eigenvalue weighted by molar-refractivity contribution is 7.15. The summed E-state index contributed by atoms with van der Waals surface area (Å²) in [7, 11) is 0. The smallest absolute Gasteiger partial charge is 0.251 e. The molecule has 10 heteroatoms. The summed E-state index contributed by atoms with van der Waals surface area (Å²) in [5.74, 6) is 1.19. The van der Waals surface area contributed by atoms with Gasteiger partial charge in [-0.2, -0.15) is 0 Å². The second-order valence-electron chi connectivity index (χ2n) is 9.56. The lowest BCUT2D eigenvalue weighted by Gasteiger charge is -2.13. The van der Waals surface area contributed by atoms with Crippen LogP contribution in [0.25, 0.3) is 5.00 Å². The Balaban J connectivity index is 1.33. The summed E-state index contributed by atoms with van der Waals surface area (Å²) < 4.78 is 2.04. The fourth-order valence-electron chi connectivity index (χ4n) is 4.98. The van der Waals surface area contributed by atoms with Gasteiger partial charge in [-0.1, -0.05) is 35.9 Å². The molecular weight excluding hydrogens is 520 g/mol. The highest BCUT2D eigenvalue weighted by atomic mass is 35.5. The minimum Gasteiger partial charge on any atom is -0.352 e. The molecule has 2 aromatic carbocycles. The molecule has 0 spiro atoms. The maximum Gasteiger partial charge on any atom is 0.251 e. The van der Waals surface area contributed by atoms with Gasteiger partial charge in [0, 0.05) is 39.7 Å². The molecule has 4 heterocycles. The number of hydrogen-bond acceptors (Lipinski definition) is 6. The molecule has 2 aliphatic rings.